The van der Waals surface area contributed by atoms with Crippen molar-refractivity contribution in [2.75, 3.05) is 90.7 Å². The summed E-state index contributed by atoms with van der Waals surface area (Å²) in [5.74, 6) is -4.63. The Kier molecular flexibility index (Phi) is 16.2. The minimum Gasteiger partial charge on any atom is -0.480 e. The van der Waals surface area contributed by atoms with Crippen LogP contribution in [0.1, 0.15) is 35.3 Å². The Balaban J connectivity index is 1.05. The number of quaternary nitrogens is 2. The van der Waals surface area contributed by atoms with Crippen molar-refractivity contribution in [1.82, 2.24) is 40.8 Å². The Labute approximate surface area is 367 Å². The highest BCUT2D eigenvalue weighted by molar-refractivity contribution is 6.03. The second kappa shape index (κ2) is 21.5. The van der Waals surface area contributed by atoms with Crippen molar-refractivity contribution in [3.8, 4) is 12.5 Å². The topological polar surface area (TPSA) is 318 Å². The number of carbonyl (C=O) groups is 7. The summed E-state index contributed by atoms with van der Waals surface area (Å²) in [6.45, 7) is 2.18. The van der Waals surface area contributed by atoms with E-state index in [2.05, 4.69) is 47.2 Å². The third-order valence-corrected chi connectivity index (χ3v) is 11.7. The Morgan fingerprint density at radius 3 is 2.48 bits per heavy atom. The molecular formula is C41H54N12O11+2. The number of fused-ring (bicyclic) bond motifs is 1. The number of terminal acetylenes is 1. The van der Waals surface area contributed by atoms with Gasteiger partial charge in [-0.15, -0.1) is 0 Å². The number of aromatic amines is 1. The molecule has 23 nitrogen and oxygen atoms in total. The van der Waals surface area contributed by atoms with Crippen molar-refractivity contribution in [1.29, 1.82) is 0 Å². The molecule has 0 radical (unpaired) electrons. The van der Waals surface area contributed by atoms with E-state index >= 15 is 0 Å². The number of hydrogen-bond donors (Lipinski definition) is 8. The molecule has 5 rings (SSSR count). The average molecular weight is 891 g/mol. The largest absolute Gasteiger partial charge is 0.480 e. The summed E-state index contributed by atoms with van der Waals surface area (Å²) >= 11 is 0. The van der Waals surface area contributed by atoms with Crippen molar-refractivity contribution in [2.45, 2.75) is 43.9 Å². The summed E-state index contributed by atoms with van der Waals surface area (Å²) in [6.07, 6.45) is 7.96. The number of anilines is 2. The van der Waals surface area contributed by atoms with Gasteiger partial charge in [-0.25, -0.2) is 24.0 Å². The molecule has 2 aromatic heterocycles. The molecule has 6 unspecified atom stereocenters. The highest BCUT2D eigenvalue weighted by atomic mass is 16.5. The molecule has 0 spiro atoms. The normalized spacial score (nSPS) is 22.0. The van der Waals surface area contributed by atoms with E-state index in [1.54, 1.807) is 12.1 Å². The Hall–Kier alpha value is -6.87. The van der Waals surface area contributed by atoms with Gasteiger partial charge in [-0.1, -0.05) is 6.42 Å². The number of benzene rings is 1. The number of ether oxygens (including phenoxy) is 1. The van der Waals surface area contributed by atoms with Gasteiger partial charge in [-0.3, -0.25) is 38.7 Å². The number of carbonyl (C=O) groups excluding carboxylic acids is 5. The number of methoxy groups -OCH3 is 1. The third kappa shape index (κ3) is 12.8. The number of carboxylic acids is 2. The molecule has 1 aromatic carbocycles. The number of esters is 1. The Bertz CT molecular complexity index is 2340. The number of nitrogen functional groups attached to an aromatic ring is 1. The lowest BCUT2D eigenvalue weighted by atomic mass is 10.1. The Morgan fingerprint density at radius 2 is 1.81 bits per heavy atom. The molecule has 2 amide bonds. The van der Waals surface area contributed by atoms with Crippen molar-refractivity contribution in [3.63, 3.8) is 0 Å². The Morgan fingerprint density at radius 1 is 1.08 bits per heavy atom. The van der Waals surface area contributed by atoms with E-state index in [4.69, 9.17) is 16.9 Å². The number of likely N-dealkylation sites (N-methyl/N-ethyl adjacent to an activating group) is 1. The van der Waals surface area contributed by atoms with Crippen LogP contribution in [-0.2, 0) is 40.0 Å². The minimum absolute atomic E-state index is 0.0303. The fourth-order valence-electron chi connectivity index (χ4n) is 7.57. The first-order valence-corrected chi connectivity index (χ1v) is 20.6. The lowest BCUT2D eigenvalue weighted by molar-refractivity contribution is -0.951. The van der Waals surface area contributed by atoms with Crippen LogP contribution in [0.5, 0.6) is 0 Å². The van der Waals surface area contributed by atoms with E-state index in [1.165, 1.54) is 25.4 Å². The molecule has 1 saturated heterocycles. The van der Waals surface area contributed by atoms with Crippen LogP contribution in [0.2, 0.25) is 0 Å². The van der Waals surface area contributed by atoms with Gasteiger partial charge in [0, 0.05) is 56.2 Å². The molecule has 3 aromatic rings. The number of ketones is 1. The van der Waals surface area contributed by atoms with Gasteiger partial charge in [0.15, 0.2) is 29.8 Å². The third-order valence-electron chi connectivity index (χ3n) is 11.7. The smallest absolute Gasteiger partial charge is 0.360 e. The lowest BCUT2D eigenvalue weighted by Crippen LogP contribution is -2.60. The SMILES string of the molecule is C#C[N+]1(CC(=O)O)CCN(CC(=O)OC)CC[N+](C)(C(C=O)CC2C(=O)C2NCCNC(=O)CCC(NC(=O)c2ccc(NCc3cnc4nc(N)[nH]c(=O)c4n3)cc2)C(=O)O)CC1. The molecule has 342 valence electrons. The molecule has 6 atom stereocenters. The number of aldehydes is 1. The molecule has 1 aliphatic carbocycles. The highest BCUT2D eigenvalue weighted by Gasteiger charge is 2.52. The minimum atomic E-state index is -1.36. The molecule has 1 saturated carbocycles. The summed E-state index contributed by atoms with van der Waals surface area (Å²) in [7, 11) is 3.14. The van der Waals surface area contributed by atoms with Gasteiger partial charge in [0.2, 0.25) is 11.9 Å². The van der Waals surface area contributed by atoms with Crippen molar-refractivity contribution >= 4 is 64.6 Å². The zero-order chi connectivity index (χ0) is 46.6. The molecule has 3 heterocycles. The van der Waals surface area contributed by atoms with E-state index in [-0.39, 0.29) is 103 Å². The summed E-state index contributed by atoms with van der Waals surface area (Å²) in [4.78, 5) is 116. The van der Waals surface area contributed by atoms with Crippen LogP contribution in [0.4, 0.5) is 11.6 Å². The predicted molar refractivity (Wildman–Crippen MR) is 228 cm³/mol. The van der Waals surface area contributed by atoms with E-state index in [0.717, 1.165) is 6.29 Å². The van der Waals surface area contributed by atoms with Gasteiger partial charge in [-0.2, -0.15) is 4.98 Å². The van der Waals surface area contributed by atoms with Crippen LogP contribution < -0.4 is 32.6 Å². The maximum Gasteiger partial charge on any atom is 0.360 e. The van der Waals surface area contributed by atoms with E-state index in [0.29, 0.717) is 37.6 Å². The highest BCUT2D eigenvalue weighted by Crippen LogP contribution is 2.33. The van der Waals surface area contributed by atoms with Crippen LogP contribution in [-0.4, -0.2) is 184 Å². The van der Waals surface area contributed by atoms with Crippen LogP contribution in [0.3, 0.4) is 0 Å². The van der Waals surface area contributed by atoms with E-state index in [1.807, 2.05) is 11.9 Å². The first-order valence-electron chi connectivity index (χ1n) is 20.6. The number of Topliss-reactive ketones (excluding diaryl/α,β-unsaturated/α-hetero) is 1. The van der Waals surface area contributed by atoms with Gasteiger partial charge in [0.05, 0.1) is 51.7 Å². The fraction of sp³-hybridized carbons (Fsp3) is 0.488. The number of aliphatic carboxylic acids is 2. The van der Waals surface area contributed by atoms with Crippen LogP contribution in [0.25, 0.3) is 11.2 Å². The van der Waals surface area contributed by atoms with Gasteiger partial charge >= 0.3 is 17.9 Å². The summed E-state index contributed by atoms with van der Waals surface area (Å²) in [6, 6.07) is 6.28. The van der Waals surface area contributed by atoms with Crippen molar-refractivity contribution < 1.29 is 57.5 Å². The van der Waals surface area contributed by atoms with E-state index in [9.17, 15) is 48.6 Å². The second-order valence-corrected chi connectivity index (χ2v) is 16.1. The number of nitrogens with zero attached hydrogens (tertiary/aromatic N) is 6. The summed E-state index contributed by atoms with van der Waals surface area (Å²) in [5.41, 5.74) is 6.37. The van der Waals surface area contributed by atoms with Crippen molar-refractivity contribution in [2.24, 2.45) is 5.92 Å². The molecule has 9 N–H and O–H groups in total. The first kappa shape index (κ1) is 48.2. The van der Waals surface area contributed by atoms with E-state index < -0.39 is 59.3 Å². The van der Waals surface area contributed by atoms with Crippen LogP contribution in [0, 0.1) is 18.4 Å². The maximum atomic E-state index is 12.9. The second-order valence-electron chi connectivity index (χ2n) is 16.1. The maximum absolute atomic E-state index is 12.9. The van der Waals surface area contributed by atoms with Gasteiger partial charge in [-0.05, 0) is 30.7 Å². The molecular weight excluding hydrogens is 837 g/mol. The van der Waals surface area contributed by atoms with Crippen LogP contribution in [0.15, 0.2) is 35.3 Å². The number of hydrogen-bond acceptors (Lipinski definition) is 16. The zero-order valence-electron chi connectivity index (χ0n) is 35.6. The van der Waals surface area contributed by atoms with Gasteiger partial charge in [0.25, 0.3) is 11.5 Å². The number of nitrogens with two attached hydrogens (primary N) is 1. The molecule has 64 heavy (non-hydrogen) atoms. The quantitative estimate of drug-likeness (QED) is 0.0181. The monoisotopic (exact) mass is 890 g/mol. The fourth-order valence-corrected chi connectivity index (χ4v) is 7.57. The molecule has 1 aliphatic heterocycles. The number of carboxylic acid groups (broad SMARTS) is 2. The number of amides is 2. The molecule has 2 fully saturated rings. The molecule has 2 aliphatic rings. The van der Waals surface area contributed by atoms with Crippen LogP contribution >= 0.6 is 0 Å². The average Bonchev–Trinajstić information content (AvgIpc) is 3.88. The zero-order valence-corrected chi connectivity index (χ0v) is 35.6. The van der Waals surface area contributed by atoms with Crippen molar-refractivity contribution in [3.05, 3.63) is 52.1 Å². The number of H-pyrrole nitrogens is 1. The standard InChI is InChI=1S/C41H52N12O11/c1-4-53(23-32(56)57)16-14-51(22-33(58)64-3)13-15-52(2,17-18-53)28(24-54)19-29-34(36(29)59)44-12-11-43-31(55)10-9-30(40(62)63)48-38(60)25-5-7-26(8-6-25)45-20-27-21-46-37-35(47-27)39(61)50-41(42)49-37/h1,5-8,21,24,28-30,34,44H,9-20,22-23H2,2-3H3,(H6-2,42,43,45,46,48,49,50,55,56,57,60,61,62,63)/p+2. The lowest BCUT2D eigenvalue weighted by Gasteiger charge is -2.40. The molecule has 0 bridgehead atoms. The molecule has 23 heteroatoms. The van der Waals surface area contributed by atoms with Gasteiger partial charge < -0.3 is 46.4 Å². The summed E-state index contributed by atoms with van der Waals surface area (Å²) < 4.78 is 4.82. The number of nitrogens with one attached hydrogen (secondary N) is 5. The summed E-state index contributed by atoms with van der Waals surface area (Å²) in [5, 5.41) is 30.7. The number of aromatic nitrogens is 4. The predicted octanol–water partition coefficient (Wildman–Crippen LogP) is -2.47. The first-order chi connectivity index (χ1) is 30.5. The van der Waals surface area contributed by atoms with Gasteiger partial charge in [0.1, 0.15) is 37.8 Å². The number of rotatable bonds is 21.